The van der Waals surface area contributed by atoms with Crippen LogP contribution in [0.1, 0.15) is 38.6 Å². The summed E-state index contributed by atoms with van der Waals surface area (Å²) < 4.78 is 2.07. The number of aromatic amines is 1. The lowest BCUT2D eigenvalue weighted by Gasteiger charge is -2.30. The van der Waals surface area contributed by atoms with E-state index in [1.807, 2.05) is 57.0 Å². The summed E-state index contributed by atoms with van der Waals surface area (Å²) in [5, 5.41) is 7.59. The predicted molar refractivity (Wildman–Crippen MR) is 132 cm³/mol. The highest BCUT2D eigenvalue weighted by Gasteiger charge is 2.22. The number of aromatic nitrogens is 4. The number of pyridine rings is 2. The largest absolute Gasteiger partial charge is 0.354 e. The van der Waals surface area contributed by atoms with Crippen LogP contribution in [0.15, 0.2) is 48.9 Å². The van der Waals surface area contributed by atoms with Crippen LogP contribution in [0, 0.1) is 6.92 Å². The molecule has 4 aromatic rings. The van der Waals surface area contributed by atoms with Gasteiger partial charge >= 0.3 is 6.03 Å². The average molecular weight is 444 g/mol. The molecule has 4 aromatic heterocycles. The SMILES string of the molecule is Cc1cnc2ccc(Nc3ccnc4[nH]c(C5=CCN(C(=O)NC(C)(C)C)CC5)cc34)cn12. The number of carbonyl (C=O) groups excluding carboxylic acids is 1. The van der Waals surface area contributed by atoms with Gasteiger partial charge in [-0.05, 0) is 64.0 Å². The third-order valence-corrected chi connectivity index (χ3v) is 5.83. The van der Waals surface area contributed by atoms with E-state index in [9.17, 15) is 4.79 Å². The molecular formula is C25H29N7O. The van der Waals surface area contributed by atoms with Gasteiger partial charge in [-0.1, -0.05) is 6.08 Å². The second-order valence-electron chi connectivity index (χ2n) is 9.58. The summed E-state index contributed by atoms with van der Waals surface area (Å²) in [7, 11) is 0. The first-order valence-corrected chi connectivity index (χ1v) is 11.2. The number of hydrogen-bond acceptors (Lipinski definition) is 4. The van der Waals surface area contributed by atoms with E-state index in [4.69, 9.17) is 0 Å². The molecule has 1 aliphatic rings. The quantitative estimate of drug-likeness (QED) is 0.422. The number of H-pyrrole nitrogens is 1. The molecule has 0 aliphatic carbocycles. The van der Waals surface area contributed by atoms with Crippen molar-refractivity contribution < 1.29 is 4.79 Å². The monoisotopic (exact) mass is 443 g/mol. The first-order chi connectivity index (χ1) is 15.8. The fourth-order valence-electron chi connectivity index (χ4n) is 4.14. The van der Waals surface area contributed by atoms with Gasteiger partial charge in [-0.3, -0.25) is 0 Å². The predicted octanol–water partition coefficient (Wildman–Crippen LogP) is 4.86. The Morgan fingerprint density at radius 2 is 2.03 bits per heavy atom. The average Bonchev–Trinajstić information content (AvgIpc) is 3.37. The maximum atomic E-state index is 12.5. The zero-order valence-corrected chi connectivity index (χ0v) is 19.4. The number of fused-ring (bicyclic) bond motifs is 2. The fraction of sp³-hybridized carbons (Fsp3) is 0.320. The molecule has 170 valence electrons. The van der Waals surface area contributed by atoms with Crippen LogP contribution in [0.2, 0.25) is 0 Å². The number of carbonyl (C=O) groups is 1. The van der Waals surface area contributed by atoms with E-state index in [-0.39, 0.29) is 11.6 Å². The molecule has 5 rings (SSSR count). The summed E-state index contributed by atoms with van der Waals surface area (Å²) >= 11 is 0. The highest BCUT2D eigenvalue weighted by molar-refractivity contribution is 5.94. The first-order valence-electron chi connectivity index (χ1n) is 11.2. The van der Waals surface area contributed by atoms with Gasteiger partial charge in [0.25, 0.3) is 0 Å². The van der Waals surface area contributed by atoms with E-state index in [0.29, 0.717) is 13.1 Å². The Morgan fingerprint density at radius 1 is 1.18 bits per heavy atom. The first kappa shape index (κ1) is 21.1. The molecule has 2 amide bonds. The maximum absolute atomic E-state index is 12.5. The zero-order valence-electron chi connectivity index (χ0n) is 19.4. The topological polar surface area (TPSA) is 90.3 Å². The Morgan fingerprint density at radius 3 is 2.79 bits per heavy atom. The molecule has 0 fully saturated rings. The van der Waals surface area contributed by atoms with Crippen molar-refractivity contribution in [2.75, 3.05) is 18.4 Å². The van der Waals surface area contributed by atoms with E-state index >= 15 is 0 Å². The van der Waals surface area contributed by atoms with Gasteiger partial charge in [-0.15, -0.1) is 0 Å². The summed E-state index contributed by atoms with van der Waals surface area (Å²) in [6.07, 6.45) is 8.65. The molecule has 0 saturated heterocycles. The molecule has 3 N–H and O–H groups in total. The van der Waals surface area contributed by atoms with E-state index in [0.717, 1.165) is 45.9 Å². The normalized spacial score (nSPS) is 14.5. The van der Waals surface area contributed by atoms with Crippen LogP contribution in [0.4, 0.5) is 16.2 Å². The van der Waals surface area contributed by atoms with Crippen molar-refractivity contribution in [1.82, 2.24) is 29.6 Å². The van der Waals surface area contributed by atoms with Gasteiger partial charge < -0.3 is 24.9 Å². The summed E-state index contributed by atoms with van der Waals surface area (Å²) in [5.74, 6) is 0. The molecule has 0 radical (unpaired) electrons. The van der Waals surface area contributed by atoms with Crippen LogP contribution in [0.3, 0.4) is 0 Å². The molecule has 5 heterocycles. The molecule has 8 nitrogen and oxygen atoms in total. The lowest BCUT2D eigenvalue weighted by Crippen LogP contribution is -2.49. The smallest absolute Gasteiger partial charge is 0.318 e. The summed E-state index contributed by atoms with van der Waals surface area (Å²) in [6.45, 7) is 9.30. The molecule has 8 heteroatoms. The summed E-state index contributed by atoms with van der Waals surface area (Å²) in [6, 6.07) is 8.14. The number of hydrogen-bond donors (Lipinski definition) is 3. The van der Waals surface area contributed by atoms with Crippen LogP contribution < -0.4 is 10.6 Å². The van der Waals surface area contributed by atoms with Gasteiger partial charge in [0.05, 0.1) is 11.4 Å². The summed E-state index contributed by atoms with van der Waals surface area (Å²) in [5.41, 5.74) is 6.83. The van der Waals surface area contributed by atoms with Crippen LogP contribution in [0.5, 0.6) is 0 Å². The molecule has 0 bridgehead atoms. The Labute approximate surface area is 192 Å². The molecule has 0 saturated carbocycles. The number of aryl methyl sites for hydroxylation is 1. The third kappa shape index (κ3) is 4.28. The Balaban J connectivity index is 1.37. The van der Waals surface area contributed by atoms with Crippen molar-refractivity contribution in [2.24, 2.45) is 0 Å². The van der Waals surface area contributed by atoms with Crippen molar-refractivity contribution in [3.63, 3.8) is 0 Å². The third-order valence-electron chi connectivity index (χ3n) is 5.83. The van der Waals surface area contributed by atoms with E-state index in [1.54, 1.807) is 6.20 Å². The van der Waals surface area contributed by atoms with Crippen molar-refractivity contribution in [2.45, 2.75) is 39.7 Å². The van der Waals surface area contributed by atoms with Gasteiger partial charge in [0.1, 0.15) is 11.3 Å². The van der Waals surface area contributed by atoms with E-state index in [2.05, 4.69) is 48.3 Å². The number of urea groups is 1. The van der Waals surface area contributed by atoms with Crippen LogP contribution in [-0.2, 0) is 0 Å². The van der Waals surface area contributed by atoms with Crippen molar-refractivity contribution in [1.29, 1.82) is 0 Å². The van der Waals surface area contributed by atoms with Gasteiger partial charge in [-0.2, -0.15) is 0 Å². The van der Waals surface area contributed by atoms with Crippen molar-refractivity contribution in [3.8, 4) is 0 Å². The second kappa shape index (κ2) is 7.95. The highest BCUT2D eigenvalue weighted by Crippen LogP contribution is 2.30. The number of imidazole rings is 1. The van der Waals surface area contributed by atoms with Gasteiger partial charge in [0, 0.05) is 54.0 Å². The molecule has 33 heavy (non-hydrogen) atoms. The van der Waals surface area contributed by atoms with Crippen LogP contribution in [0.25, 0.3) is 22.3 Å². The zero-order chi connectivity index (χ0) is 23.2. The fourth-order valence-corrected chi connectivity index (χ4v) is 4.14. The number of amides is 2. The second-order valence-corrected chi connectivity index (χ2v) is 9.58. The van der Waals surface area contributed by atoms with Crippen LogP contribution in [-0.4, -0.2) is 48.9 Å². The van der Waals surface area contributed by atoms with Gasteiger partial charge in [-0.25, -0.2) is 14.8 Å². The van der Waals surface area contributed by atoms with Crippen molar-refractivity contribution >= 4 is 39.7 Å². The van der Waals surface area contributed by atoms with Gasteiger partial charge in [0.15, 0.2) is 0 Å². The van der Waals surface area contributed by atoms with E-state index in [1.165, 1.54) is 5.57 Å². The minimum absolute atomic E-state index is 0.0207. The minimum atomic E-state index is -0.242. The number of anilines is 2. The number of nitrogens with zero attached hydrogens (tertiary/aromatic N) is 4. The Kier molecular flexibility index (Phi) is 5.08. The lowest BCUT2D eigenvalue weighted by atomic mass is 10.0. The Bertz CT molecular complexity index is 1370. The molecule has 1 aliphatic heterocycles. The Hall–Kier alpha value is -3.81. The molecule has 0 atom stereocenters. The summed E-state index contributed by atoms with van der Waals surface area (Å²) in [4.78, 5) is 26.7. The number of rotatable bonds is 3. The molecule has 0 unspecified atom stereocenters. The molecule has 0 aromatic carbocycles. The van der Waals surface area contributed by atoms with Crippen molar-refractivity contribution in [3.05, 3.63) is 60.3 Å². The van der Waals surface area contributed by atoms with E-state index < -0.39 is 0 Å². The maximum Gasteiger partial charge on any atom is 0.318 e. The lowest BCUT2D eigenvalue weighted by molar-refractivity contribution is 0.193. The van der Waals surface area contributed by atoms with Crippen LogP contribution >= 0.6 is 0 Å². The highest BCUT2D eigenvalue weighted by atomic mass is 16.2. The minimum Gasteiger partial charge on any atom is -0.354 e. The molecular weight excluding hydrogens is 414 g/mol. The molecule has 0 spiro atoms. The standard InChI is InChI=1S/C25H29N7O/c1-16-14-27-22-6-5-18(15-32(16)22)28-20-7-10-26-23-19(20)13-21(29-23)17-8-11-31(12-9-17)24(33)30-25(2,3)4/h5-8,10,13-15H,9,11-12H2,1-4H3,(H,30,33)(H2,26,28,29). The van der Waals surface area contributed by atoms with Gasteiger partial charge in [0.2, 0.25) is 0 Å². The number of nitrogens with one attached hydrogen (secondary N) is 3.